The maximum absolute atomic E-state index is 5.97. The van der Waals surface area contributed by atoms with Crippen molar-refractivity contribution in [2.75, 3.05) is 0 Å². The molecule has 1 unspecified atom stereocenters. The average Bonchev–Trinajstić information content (AvgIpc) is 2.44. The molecule has 0 saturated carbocycles. The van der Waals surface area contributed by atoms with Crippen LogP contribution in [0.5, 0.6) is 11.6 Å². The molecule has 0 fully saturated rings. The van der Waals surface area contributed by atoms with Crippen molar-refractivity contribution in [3.8, 4) is 11.6 Å². The van der Waals surface area contributed by atoms with Crippen molar-refractivity contribution in [3.63, 3.8) is 0 Å². The van der Waals surface area contributed by atoms with Crippen molar-refractivity contribution in [3.05, 3.63) is 52.1 Å². The van der Waals surface area contributed by atoms with Crippen LogP contribution in [0.1, 0.15) is 24.5 Å². The van der Waals surface area contributed by atoms with Gasteiger partial charge in [0.05, 0.1) is 0 Å². The van der Waals surface area contributed by atoms with E-state index in [4.69, 9.17) is 10.5 Å². The molecule has 2 aromatic rings. The Labute approximate surface area is 128 Å². The van der Waals surface area contributed by atoms with Crippen LogP contribution in [-0.2, 0) is 6.42 Å². The molecule has 2 N–H and O–H groups in total. The van der Waals surface area contributed by atoms with Crippen LogP contribution < -0.4 is 10.5 Å². The van der Waals surface area contributed by atoms with Gasteiger partial charge in [0.25, 0.3) is 0 Å². The first kappa shape index (κ1) is 15.0. The van der Waals surface area contributed by atoms with Crippen LogP contribution >= 0.6 is 15.9 Å². The summed E-state index contributed by atoms with van der Waals surface area (Å²) < 4.78 is 6.81. The first-order chi connectivity index (χ1) is 9.58. The van der Waals surface area contributed by atoms with Crippen LogP contribution in [0.25, 0.3) is 0 Å². The van der Waals surface area contributed by atoms with Gasteiger partial charge in [0.2, 0.25) is 5.88 Å². The van der Waals surface area contributed by atoms with Gasteiger partial charge >= 0.3 is 0 Å². The minimum atomic E-state index is 0.189. The zero-order chi connectivity index (χ0) is 14.5. The predicted molar refractivity (Wildman–Crippen MR) is 85.2 cm³/mol. The smallest absolute Gasteiger partial charge is 0.222 e. The number of benzene rings is 1. The quantitative estimate of drug-likeness (QED) is 0.890. The molecule has 106 valence electrons. The molecule has 0 amide bonds. The number of nitrogens with two attached hydrogens (primary N) is 1. The first-order valence-corrected chi connectivity index (χ1v) is 7.52. The van der Waals surface area contributed by atoms with Crippen LogP contribution in [0.15, 0.2) is 41.0 Å². The number of aryl methyl sites for hydroxylation is 1. The molecule has 20 heavy (non-hydrogen) atoms. The van der Waals surface area contributed by atoms with Crippen molar-refractivity contribution in [2.24, 2.45) is 5.73 Å². The zero-order valence-corrected chi connectivity index (χ0v) is 13.4. The number of hydrogen-bond acceptors (Lipinski definition) is 3. The Balaban J connectivity index is 2.11. The predicted octanol–water partition coefficient (Wildman–Crippen LogP) is 4.22. The molecule has 0 aliphatic carbocycles. The van der Waals surface area contributed by atoms with Gasteiger partial charge in [-0.05, 0) is 55.7 Å². The molecule has 1 heterocycles. The lowest BCUT2D eigenvalue weighted by molar-refractivity contribution is 0.458. The fourth-order valence-electron chi connectivity index (χ4n) is 1.90. The topological polar surface area (TPSA) is 48.1 Å². The summed E-state index contributed by atoms with van der Waals surface area (Å²) in [5, 5.41) is 0. The molecule has 2 rings (SSSR count). The summed E-state index contributed by atoms with van der Waals surface area (Å²) in [6, 6.07) is 9.99. The van der Waals surface area contributed by atoms with Crippen molar-refractivity contribution in [1.82, 2.24) is 4.98 Å². The third-order valence-electron chi connectivity index (χ3n) is 3.14. The number of nitrogens with zero attached hydrogens (tertiary/aromatic N) is 1. The maximum Gasteiger partial charge on any atom is 0.222 e. The summed E-state index contributed by atoms with van der Waals surface area (Å²) in [7, 11) is 0. The lowest BCUT2D eigenvalue weighted by Crippen LogP contribution is -2.21. The van der Waals surface area contributed by atoms with Gasteiger partial charge in [0.1, 0.15) is 5.75 Å². The van der Waals surface area contributed by atoms with Crippen molar-refractivity contribution in [2.45, 2.75) is 32.7 Å². The van der Waals surface area contributed by atoms with Gasteiger partial charge in [-0.15, -0.1) is 0 Å². The Morgan fingerprint density at radius 2 is 2.00 bits per heavy atom. The van der Waals surface area contributed by atoms with Gasteiger partial charge in [0.15, 0.2) is 0 Å². The van der Waals surface area contributed by atoms with Gasteiger partial charge in [-0.1, -0.05) is 22.9 Å². The molecule has 0 spiro atoms. The van der Waals surface area contributed by atoms with E-state index in [1.807, 2.05) is 37.4 Å². The lowest BCUT2D eigenvalue weighted by Gasteiger charge is -2.11. The largest absolute Gasteiger partial charge is 0.439 e. The number of halogens is 1. The van der Waals surface area contributed by atoms with E-state index in [0.717, 1.165) is 34.2 Å². The highest BCUT2D eigenvalue weighted by Crippen LogP contribution is 2.25. The van der Waals surface area contributed by atoms with E-state index < -0.39 is 0 Å². The van der Waals surface area contributed by atoms with Crippen LogP contribution in [0.4, 0.5) is 0 Å². The molecule has 0 bridgehead atoms. The second-order valence-corrected chi connectivity index (χ2v) is 5.81. The van der Waals surface area contributed by atoms with E-state index in [2.05, 4.69) is 33.9 Å². The molecule has 3 nitrogen and oxygen atoms in total. The van der Waals surface area contributed by atoms with Crippen molar-refractivity contribution < 1.29 is 4.74 Å². The summed E-state index contributed by atoms with van der Waals surface area (Å²) in [5.41, 5.74) is 8.14. The zero-order valence-electron chi connectivity index (χ0n) is 11.8. The molecule has 1 aromatic heterocycles. The second kappa shape index (κ2) is 6.86. The third-order valence-corrected chi connectivity index (χ3v) is 3.67. The standard InChI is InChI=1S/C16H19BrN2O/c1-3-14(18)9-12-8-11(2)16(19-10-12)20-15-6-4-13(17)5-7-15/h4-8,10,14H,3,9,18H2,1-2H3. The normalized spacial score (nSPS) is 12.2. The molecule has 0 aliphatic heterocycles. The number of pyridine rings is 1. The summed E-state index contributed by atoms with van der Waals surface area (Å²) in [6.45, 7) is 4.10. The van der Waals surface area contributed by atoms with Crippen LogP contribution in [0, 0.1) is 6.92 Å². The molecule has 0 saturated heterocycles. The molecule has 4 heteroatoms. The Bertz CT molecular complexity index is 569. The Hall–Kier alpha value is -1.39. The van der Waals surface area contributed by atoms with E-state index in [-0.39, 0.29) is 6.04 Å². The third kappa shape index (κ3) is 4.05. The van der Waals surface area contributed by atoms with Gasteiger partial charge in [-0.3, -0.25) is 0 Å². The first-order valence-electron chi connectivity index (χ1n) is 6.73. The number of aromatic nitrogens is 1. The van der Waals surface area contributed by atoms with E-state index in [1.165, 1.54) is 0 Å². The molecular weight excluding hydrogens is 316 g/mol. The number of ether oxygens (including phenoxy) is 1. The Morgan fingerprint density at radius 1 is 1.30 bits per heavy atom. The van der Waals surface area contributed by atoms with Crippen molar-refractivity contribution >= 4 is 15.9 Å². The van der Waals surface area contributed by atoms with Gasteiger partial charge in [-0.2, -0.15) is 0 Å². The van der Waals surface area contributed by atoms with Gasteiger partial charge in [0, 0.05) is 22.3 Å². The minimum Gasteiger partial charge on any atom is -0.439 e. The van der Waals surface area contributed by atoms with Crippen LogP contribution in [0.2, 0.25) is 0 Å². The van der Waals surface area contributed by atoms with E-state index >= 15 is 0 Å². The van der Waals surface area contributed by atoms with E-state index in [0.29, 0.717) is 5.88 Å². The number of hydrogen-bond donors (Lipinski definition) is 1. The lowest BCUT2D eigenvalue weighted by atomic mass is 10.1. The highest BCUT2D eigenvalue weighted by Gasteiger charge is 2.07. The SMILES string of the molecule is CCC(N)Cc1cnc(Oc2ccc(Br)cc2)c(C)c1. The summed E-state index contributed by atoms with van der Waals surface area (Å²) >= 11 is 3.40. The second-order valence-electron chi connectivity index (χ2n) is 4.89. The Morgan fingerprint density at radius 3 is 2.60 bits per heavy atom. The summed E-state index contributed by atoms with van der Waals surface area (Å²) in [5.74, 6) is 1.42. The number of rotatable bonds is 5. The average molecular weight is 335 g/mol. The summed E-state index contributed by atoms with van der Waals surface area (Å²) in [4.78, 5) is 4.39. The Kier molecular flexibility index (Phi) is 5.15. The monoisotopic (exact) mass is 334 g/mol. The fourth-order valence-corrected chi connectivity index (χ4v) is 2.16. The maximum atomic E-state index is 5.97. The van der Waals surface area contributed by atoms with E-state index in [1.54, 1.807) is 0 Å². The van der Waals surface area contributed by atoms with Crippen molar-refractivity contribution in [1.29, 1.82) is 0 Å². The molecule has 0 aliphatic rings. The van der Waals surface area contributed by atoms with Gasteiger partial charge in [-0.25, -0.2) is 4.98 Å². The highest BCUT2D eigenvalue weighted by molar-refractivity contribution is 9.10. The van der Waals surface area contributed by atoms with Crippen LogP contribution in [-0.4, -0.2) is 11.0 Å². The van der Waals surface area contributed by atoms with Gasteiger partial charge < -0.3 is 10.5 Å². The molecular formula is C16H19BrN2O. The molecule has 1 atom stereocenters. The van der Waals surface area contributed by atoms with E-state index in [9.17, 15) is 0 Å². The fraction of sp³-hybridized carbons (Fsp3) is 0.312. The minimum absolute atomic E-state index is 0.189. The highest BCUT2D eigenvalue weighted by atomic mass is 79.9. The molecule has 0 radical (unpaired) electrons. The summed E-state index contributed by atoms with van der Waals surface area (Å²) in [6.07, 6.45) is 3.66. The molecule has 1 aromatic carbocycles. The van der Waals surface area contributed by atoms with Crippen LogP contribution in [0.3, 0.4) is 0 Å².